The van der Waals surface area contributed by atoms with Gasteiger partial charge in [-0.2, -0.15) is 0 Å². The van der Waals surface area contributed by atoms with E-state index in [2.05, 4.69) is 5.16 Å². The highest BCUT2D eigenvalue weighted by Gasteiger charge is 2.30. The van der Waals surface area contributed by atoms with E-state index in [1.165, 1.54) is 0 Å². The molecule has 0 radical (unpaired) electrons. The Kier molecular flexibility index (Phi) is 4.72. The lowest BCUT2D eigenvalue weighted by atomic mass is 9.88. The quantitative estimate of drug-likeness (QED) is 0.683. The van der Waals surface area contributed by atoms with Gasteiger partial charge in [0.05, 0.1) is 5.56 Å². The molecule has 20 heavy (non-hydrogen) atoms. The van der Waals surface area contributed by atoms with E-state index in [-0.39, 0.29) is 12.3 Å². The zero-order chi connectivity index (χ0) is 15.5. The van der Waals surface area contributed by atoms with Crippen LogP contribution in [0.3, 0.4) is 0 Å². The summed E-state index contributed by atoms with van der Waals surface area (Å²) in [6, 6.07) is -1.15. The van der Waals surface area contributed by atoms with Crippen molar-refractivity contribution in [3.63, 3.8) is 0 Å². The van der Waals surface area contributed by atoms with Crippen LogP contribution in [0.1, 0.15) is 32.1 Å². The second-order valence-corrected chi connectivity index (χ2v) is 5.38. The van der Waals surface area contributed by atoms with Gasteiger partial charge in [0.1, 0.15) is 11.8 Å². The topological polar surface area (TPSA) is 136 Å². The van der Waals surface area contributed by atoms with Gasteiger partial charge in [-0.15, -0.1) is 0 Å². The summed E-state index contributed by atoms with van der Waals surface area (Å²) in [5.41, 5.74) is 5.45. The average Bonchev–Trinajstić information content (AvgIpc) is 2.68. The number of hydrogen-bond donors (Lipinski definition) is 3. The van der Waals surface area contributed by atoms with Gasteiger partial charge in [0.2, 0.25) is 0 Å². The van der Waals surface area contributed by atoms with E-state index in [1.54, 1.807) is 0 Å². The van der Waals surface area contributed by atoms with E-state index >= 15 is 0 Å². The Morgan fingerprint density at radius 2 is 2.00 bits per heavy atom. The molecule has 0 aliphatic rings. The molecule has 0 amide bonds. The summed E-state index contributed by atoms with van der Waals surface area (Å²) >= 11 is 0. The number of carboxylic acid groups (broad SMARTS) is 2. The summed E-state index contributed by atoms with van der Waals surface area (Å²) in [5.74, 6) is -1.95. The first-order valence-corrected chi connectivity index (χ1v) is 5.95. The molecule has 1 rings (SSSR count). The first-order chi connectivity index (χ1) is 9.12. The monoisotopic (exact) mass is 286 g/mol. The summed E-state index contributed by atoms with van der Waals surface area (Å²) in [6.45, 7) is 4.96. The molecule has 0 aliphatic heterocycles. The second-order valence-electron chi connectivity index (χ2n) is 5.38. The number of carboxylic acids is 2. The molecule has 4 N–H and O–H groups in total. The van der Waals surface area contributed by atoms with Crippen molar-refractivity contribution in [3.8, 4) is 5.88 Å². The van der Waals surface area contributed by atoms with Crippen molar-refractivity contribution in [2.24, 2.45) is 5.73 Å². The van der Waals surface area contributed by atoms with Crippen LogP contribution in [-0.2, 0) is 21.4 Å². The lowest BCUT2D eigenvalue weighted by molar-refractivity contribution is -0.140. The van der Waals surface area contributed by atoms with Crippen LogP contribution in [0.4, 0.5) is 0 Å². The van der Waals surface area contributed by atoms with Gasteiger partial charge in [0.15, 0.2) is 6.61 Å². The SMILES string of the molecule is CC(C)(C)c1onc(OCC(=O)O)c1C[C@@H](N)C(=O)O. The third-order valence-electron chi connectivity index (χ3n) is 2.51. The van der Waals surface area contributed by atoms with E-state index in [9.17, 15) is 9.59 Å². The Bertz CT molecular complexity index is 503. The van der Waals surface area contributed by atoms with Crippen LogP contribution in [0.25, 0.3) is 0 Å². The van der Waals surface area contributed by atoms with E-state index in [0.29, 0.717) is 11.3 Å². The number of aliphatic carboxylic acids is 2. The lowest BCUT2D eigenvalue weighted by Crippen LogP contribution is -2.33. The molecular formula is C12H18N2O6. The number of nitrogens with zero attached hydrogens (tertiary/aromatic N) is 1. The van der Waals surface area contributed by atoms with Crippen LogP contribution in [0, 0.1) is 0 Å². The molecule has 112 valence electrons. The summed E-state index contributed by atoms with van der Waals surface area (Å²) in [4.78, 5) is 21.4. The van der Waals surface area contributed by atoms with Crippen molar-refractivity contribution < 1.29 is 29.1 Å². The Labute approximate surface area is 115 Å². The lowest BCUT2D eigenvalue weighted by Gasteiger charge is -2.17. The van der Waals surface area contributed by atoms with Crippen molar-refractivity contribution in [2.45, 2.75) is 38.6 Å². The maximum Gasteiger partial charge on any atom is 0.341 e. The summed E-state index contributed by atoms with van der Waals surface area (Å²) < 4.78 is 10.2. The molecule has 1 heterocycles. The Morgan fingerprint density at radius 3 is 2.45 bits per heavy atom. The maximum atomic E-state index is 10.9. The fourth-order valence-electron chi connectivity index (χ4n) is 1.61. The number of hydrogen-bond acceptors (Lipinski definition) is 6. The third-order valence-corrected chi connectivity index (χ3v) is 2.51. The van der Waals surface area contributed by atoms with E-state index in [4.69, 9.17) is 25.2 Å². The van der Waals surface area contributed by atoms with Gasteiger partial charge < -0.3 is 25.2 Å². The third kappa shape index (κ3) is 3.95. The first kappa shape index (κ1) is 16.0. The minimum Gasteiger partial charge on any atom is -0.480 e. The highest BCUT2D eigenvalue weighted by Crippen LogP contribution is 2.32. The largest absolute Gasteiger partial charge is 0.480 e. The van der Waals surface area contributed by atoms with Gasteiger partial charge in [-0.05, 0) is 5.16 Å². The fourth-order valence-corrected chi connectivity index (χ4v) is 1.61. The molecule has 0 bridgehead atoms. The van der Waals surface area contributed by atoms with Crippen LogP contribution in [0.15, 0.2) is 4.52 Å². The van der Waals surface area contributed by atoms with Crippen molar-refractivity contribution in [3.05, 3.63) is 11.3 Å². The standard InChI is InChI=1S/C12H18N2O6/c1-12(2,3)9-6(4-7(13)11(17)18)10(14-20-9)19-5-8(15)16/h7H,4-5,13H2,1-3H3,(H,15,16)(H,17,18)/t7-/m1/s1. The zero-order valence-electron chi connectivity index (χ0n) is 11.5. The predicted octanol–water partition coefficient (Wildman–Crippen LogP) is 0.390. The number of rotatable bonds is 6. The molecule has 0 aliphatic carbocycles. The van der Waals surface area contributed by atoms with Crippen molar-refractivity contribution in [1.82, 2.24) is 5.16 Å². The van der Waals surface area contributed by atoms with Gasteiger partial charge in [0.25, 0.3) is 5.88 Å². The smallest absolute Gasteiger partial charge is 0.341 e. The second kappa shape index (κ2) is 5.91. The number of nitrogens with two attached hydrogens (primary N) is 1. The summed E-state index contributed by atoms with van der Waals surface area (Å²) in [6.07, 6.45) is -0.0552. The van der Waals surface area contributed by atoms with Crippen LogP contribution in [0.2, 0.25) is 0 Å². The molecule has 0 saturated carbocycles. The molecule has 0 fully saturated rings. The van der Waals surface area contributed by atoms with Gasteiger partial charge in [-0.25, -0.2) is 4.79 Å². The molecule has 8 nitrogen and oxygen atoms in total. The van der Waals surface area contributed by atoms with Gasteiger partial charge >= 0.3 is 11.9 Å². The summed E-state index contributed by atoms with van der Waals surface area (Å²) in [7, 11) is 0. The van der Waals surface area contributed by atoms with Crippen LogP contribution in [-0.4, -0.2) is 40.0 Å². The molecule has 0 aromatic carbocycles. The Hall–Kier alpha value is -2.09. The van der Waals surface area contributed by atoms with Crippen LogP contribution >= 0.6 is 0 Å². The molecule has 0 spiro atoms. The van der Waals surface area contributed by atoms with Gasteiger partial charge in [0, 0.05) is 11.8 Å². The van der Waals surface area contributed by atoms with Crippen molar-refractivity contribution in [1.29, 1.82) is 0 Å². The molecule has 8 heteroatoms. The van der Waals surface area contributed by atoms with E-state index < -0.39 is 30.0 Å². The minimum atomic E-state index is -1.17. The minimum absolute atomic E-state index is 0.0333. The number of ether oxygens (including phenoxy) is 1. The number of carbonyl (C=O) groups is 2. The zero-order valence-corrected chi connectivity index (χ0v) is 11.5. The Morgan fingerprint density at radius 1 is 1.40 bits per heavy atom. The van der Waals surface area contributed by atoms with Gasteiger partial charge in [-0.1, -0.05) is 20.8 Å². The normalized spacial score (nSPS) is 13.0. The Balaban J connectivity index is 3.09. The van der Waals surface area contributed by atoms with Crippen LogP contribution in [0.5, 0.6) is 5.88 Å². The number of aromatic nitrogens is 1. The highest BCUT2D eigenvalue weighted by molar-refractivity contribution is 5.73. The van der Waals surface area contributed by atoms with Crippen molar-refractivity contribution >= 4 is 11.9 Å². The predicted molar refractivity (Wildman–Crippen MR) is 67.6 cm³/mol. The average molecular weight is 286 g/mol. The van der Waals surface area contributed by atoms with E-state index in [1.807, 2.05) is 20.8 Å². The van der Waals surface area contributed by atoms with E-state index in [0.717, 1.165) is 0 Å². The molecule has 0 unspecified atom stereocenters. The summed E-state index contributed by atoms with van der Waals surface area (Å²) in [5, 5.41) is 21.1. The van der Waals surface area contributed by atoms with Gasteiger partial charge in [-0.3, -0.25) is 4.79 Å². The molecule has 1 atom stereocenters. The van der Waals surface area contributed by atoms with Crippen LogP contribution < -0.4 is 10.5 Å². The highest BCUT2D eigenvalue weighted by atomic mass is 16.5. The molecule has 0 saturated heterocycles. The molecular weight excluding hydrogens is 268 g/mol. The molecule has 1 aromatic rings. The van der Waals surface area contributed by atoms with Crippen molar-refractivity contribution in [2.75, 3.05) is 6.61 Å². The first-order valence-electron chi connectivity index (χ1n) is 5.95. The fraction of sp³-hybridized carbons (Fsp3) is 0.583. The molecule has 1 aromatic heterocycles. The maximum absolute atomic E-state index is 10.9.